The van der Waals surface area contributed by atoms with Crippen molar-refractivity contribution in [2.45, 2.75) is 87.7 Å². The summed E-state index contributed by atoms with van der Waals surface area (Å²) in [6, 6.07) is 15.7. The van der Waals surface area contributed by atoms with Crippen LogP contribution in [0.4, 0.5) is 11.4 Å². The van der Waals surface area contributed by atoms with Crippen molar-refractivity contribution >= 4 is 50.6 Å². The molecule has 2 saturated carbocycles. The number of ketones is 2. The molecule has 4 N–H and O–H groups in total. The number of nitrogens with one attached hydrogen (secondary N) is 3. The zero-order valence-electron chi connectivity index (χ0n) is 26.2. The van der Waals surface area contributed by atoms with E-state index in [1.165, 1.54) is 12.5 Å². The van der Waals surface area contributed by atoms with Gasteiger partial charge in [-0.3, -0.25) is 18.9 Å². The van der Waals surface area contributed by atoms with Crippen molar-refractivity contribution in [3.63, 3.8) is 0 Å². The Morgan fingerprint density at radius 3 is 2.04 bits per heavy atom. The maximum Gasteiger partial charge on any atom is 0.294 e. The summed E-state index contributed by atoms with van der Waals surface area (Å²) in [6.45, 7) is -0.0966. The average Bonchev–Trinajstić information content (AvgIpc) is 3.07. The van der Waals surface area contributed by atoms with Gasteiger partial charge in [-0.15, -0.1) is 11.6 Å². The molecule has 0 spiro atoms. The molecule has 0 heterocycles. The molecule has 3 aliphatic carbocycles. The van der Waals surface area contributed by atoms with Gasteiger partial charge in [0.15, 0.2) is 11.6 Å². The maximum absolute atomic E-state index is 14.1. The van der Waals surface area contributed by atoms with E-state index in [0.717, 1.165) is 51.4 Å². The van der Waals surface area contributed by atoms with Gasteiger partial charge in [-0.1, -0.05) is 68.5 Å². The first kappa shape index (κ1) is 33.2. The van der Waals surface area contributed by atoms with Crippen LogP contribution in [0.2, 0.25) is 0 Å². The minimum atomic E-state index is -4.55. The van der Waals surface area contributed by atoms with E-state index in [2.05, 4.69) is 16.0 Å². The molecule has 11 heteroatoms. The Morgan fingerprint density at radius 1 is 0.787 bits per heavy atom. The number of amides is 1. The first-order valence-corrected chi connectivity index (χ1v) is 18.4. The van der Waals surface area contributed by atoms with Gasteiger partial charge in [0.05, 0.1) is 16.0 Å². The van der Waals surface area contributed by atoms with Crippen LogP contribution in [0.15, 0.2) is 59.5 Å². The lowest BCUT2D eigenvalue weighted by molar-refractivity contribution is -0.118. The molecule has 248 valence electrons. The third-order valence-corrected chi connectivity index (χ3v) is 11.0. The van der Waals surface area contributed by atoms with Crippen LogP contribution in [0.1, 0.15) is 101 Å². The van der Waals surface area contributed by atoms with Crippen molar-refractivity contribution in [3.05, 3.63) is 88.0 Å². The van der Waals surface area contributed by atoms with Crippen LogP contribution >= 0.6 is 11.6 Å². The van der Waals surface area contributed by atoms with Crippen LogP contribution in [0.5, 0.6) is 0 Å². The fourth-order valence-corrected chi connectivity index (χ4v) is 8.39. The summed E-state index contributed by atoms with van der Waals surface area (Å²) in [5.74, 6) is -1.03. The minimum Gasteiger partial charge on any atom is -0.382 e. The third-order valence-electron chi connectivity index (χ3n) is 9.86. The predicted molar refractivity (Wildman–Crippen MR) is 182 cm³/mol. The molecule has 9 nitrogen and oxygen atoms in total. The second kappa shape index (κ2) is 14.2. The number of hydrogen-bond acceptors (Lipinski definition) is 7. The zero-order chi connectivity index (χ0) is 33.1. The molecule has 3 aromatic rings. The minimum absolute atomic E-state index is 0.0419. The highest BCUT2D eigenvalue weighted by atomic mass is 35.5. The highest BCUT2D eigenvalue weighted by Gasteiger charge is 2.36. The Bertz CT molecular complexity index is 1800. The summed E-state index contributed by atoms with van der Waals surface area (Å²) in [7, 11) is -4.55. The van der Waals surface area contributed by atoms with Gasteiger partial charge in [0, 0.05) is 41.1 Å². The van der Waals surface area contributed by atoms with E-state index in [1.54, 1.807) is 30.3 Å². The maximum atomic E-state index is 14.1. The fraction of sp³-hybridized carbons (Fsp3) is 0.417. The van der Waals surface area contributed by atoms with Gasteiger partial charge >= 0.3 is 0 Å². The lowest BCUT2D eigenvalue weighted by Gasteiger charge is -2.35. The lowest BCUT2D eigenvalue weighted by Crippen LogP contribution is -2.35. The van der Waals surface area contributed by atoms with Gasteiger partial charge < -0.3 is 16.0 Å². The highest BCUT2D eigenvalue weighted by Crippen LogP contribution is 2.40. The molecule has 0 bridgehead atoms. The number of rotatable bonds is 10. The van der Waals surface area contributed by atoms with E-state index in [1.807, 2.05) is 18.2 Å². The van der Waals surface area contributed by atoms with E-state index >= 15 is 0 Å². The predicted octanol–water partition coefficient (Wildman–Crippen LogP) is 6.52. The smallest absolute Gasteiger partial charge is 0.294 e. The summed E-state index contributed by atoms with van der Waals surface area (Å²) >= 11 is 5.66. The fourth-order valence-electron chi connectivity index (χ4n) is 7.53. The first-order chi connectivity index (χ1) is 22.7. The van der Waals surface area contributed by atoms with Gasteiger partial charge in [0.1, 0.15) is 5.88 Å². The van der Waals surface area contributed by atoms with Gasteiger partial charge in [-0.05, 0) is 67.3 Å². The van der Waals surface area contributed by atoms with Crippen molar-refractivity contribution in [2.24, 2.45) is 5.92 Å². The van der Waals surface area contributed by atoms with Crippen molar-refractivity contribution in [1.82, 2.24) is 5.32 Å². The summed E-state index contributed by atoms with van der Waals surface area (Å²) in [5.41, 5.74) is 3.93. The number of halogens is 1. The van der Waals surface area contributed by atoms with Crippen LogP contribution in [0.25, 0.3) is 0 Å². The summed E-state index contributed by atoms with van der Waals surface area (Å²) in [4.78, 5) is 39.9. The lowest BCUT2D eigenvalue weighted by atomic mass is 9.78. The molecular weight excluding hydrogens is 638 g/mol. The van der Waals surface area contributed by atoms with Crippen molar-refractivity contribution in [3.8, 4) is 0 Å². The standard InChI is InChI=1S/C36H40ClN3O6S/c37-20-32(41)38-21-27-22(10-8-16-31(27)47(44,45)46)19-23-9-4-7-15-28(23)40-30-18-17-29(39-24-11-2-1-3-12-24)33-34(30)36(43)26-14-6-5-13-25(26)35(33)42/h5-6,8,10,13-14,16-18,23-24,28,39-40H,1-4,7,9,11-12,15,19-21H2,(H,38,41)(H,44,45,46). The Kier molecular flexibility index (Phi) is 10.0. The number of fused-ring (bicyclic) bond motifs is 2. The van der Waals surface area contributed by atoms with E-state index in [4.69, 9.17) is 11.6 Å². The van der Waals surface area contributed by atoms with Crippen molar-refractivity contribution < 1.29 is 27.4 Å². The molecule has 2 unspecified atom stereocenters. The molecule has 0 aliphatic heterocycles. The number of alkyl halides is 1. The van der Waals surface area contributed by atoms with Crippen LogP contribution in [-0.4, -0.2) is 48.4 Å². The monoisotopic (exact) mass is 677 g/mol. The van der Waals surface area contributed by atoms with Gasteiger partial charge in [-0.25, -0.2) is 0 Å². The van der Waals surface area contributed by atoms with Gasteiger partial charge in [0.25, 0.3) is 10.1 Å². The Labute approximate surface area is 280 Å². The number of carbonyl (C=O) groups is 3. The summed E-state index contributed by atoms with van der Waals surface area (Å²) in [5, 5.41) is 9.90. The second-order valence-electron chi connectivity index (χ2n) is 12.9. The van der Waals surface area contributed by atoms with E-state index in [9.17, 15) is 27.4 Å². The molecule has 0 aromatic heterocycles. The molecule has 6 rings (SSSR count). The largest absolute Gasteiger partial charge is 0.382 e. The Balaban J connectivity index is 1.34. The Hall–Kier alpha value is -3.73. The topological polar surface area (TPSA) is 142 Å². The van der Waals surface area contributed by atoms with Gasteiger partial charge in [0.2, 0.25) is 5.91 Å². The molecule has 2 fully saturated rings. The molecule has 47 heavy (non-hydrogen) atoms. The summed E-state index contributed by atoms with van der Waals surface area (Å²) in [6.07, 6.45) is 9.60. The van der Waals surface area contributed by atoms with E-state index < -0.39 is 16.0 Å². The van der Waals surface area contributed by atoms with Crippen molar-refractivity contribution in [1.29, 1.82) is 0 Å². The molecule has 0 saturated heterocycles. The van der Waals surface area contributed by atoms with E-state index in [0.29, 0.717) is 51.2 Å². The second-order valence-corrected chi connectivity index (χ2v) is 14.5. The average molecular weight is 678 g/mol. The SMILES string of the molecule is O=C(CCl)NCc1c(CC2CCCCC2Nc2ccc(NC3CCCCC3)c3c2C(=O)c2ccccc2C3=O)cccc1S(=O)(=O)O. The molecule has 3 aliphatic rings. The number of carbonyl (C=O) groups excluding carboxylic acids is 3. The normalized spacial score (nSPS) is 19.9. The van der Waals surface area contributed by atoms with Crippen molar-refractivity contribution in [2.75, 3.05) is 16.5 Å². The Morgan fingerprint density at radius 2 is 1.40 bits per heavy atom. The van der Waals surface area contributed by atoms with Crippen LogP contribution in [-0.2, 0) is 27.9 Å². The quantitative estimate of drug-likeness (QED) is 0.110. The first-order valence-electron chi connectivity index (χ1n) is 16.4. The van der Waals surface area contributed by atoms with Crippen LogP contribution in [0.3, 0.4) is 0 Å². The molecule has 1 amide bonds. The van der Waals surface area contributed by atoms with E-state index in [-0.39, 0.29) is 46.9 Å². The highest BCUT2D eigenvalue weighted by molar-refractivity contribution is 7.85. The molecule has 3 aromatic carbocycles. The molecule has 2 atom stereocenters. The number of benzene rings is 3. The van der Waals surface area contributed by atoms with Gasteiger partial charge in [-0.2, -0.15) is 8.42 Å². The van der Waals surface area contributed by atoms with Crippen LogP contribution in [0, 0.1) is 5.92 Å². The number of anilines is 2. The zero-order valence-corrected chi connectivity index (χ0v) is 27.8. The molecular formula is C36H40ClN3O6S. The molecule has 0 radical (unpaired) electrons. The van der Waals surface area contributed by atoms with Crippen LogP contribution < -0.4 is 16.0 Å². The third kappa shape index (κ3) is 7.10. The summed E-state index contributed by atoms with van der Waals surface area (Å²) < 4.78 is 34.6. The number of hydrogen-bond donors (Lipinski definition) is 4.